The number of amides is 1. The maximum absolute atomic E-state index is 11.0. The third kappa shape index (κ3) is 6.31. The van der Waals surface area contributed by atoms with Gasteiger partial charge in [0.1, 0.15) is 0 Å². The van der Waals surface area contributed by atoms with E-state index in [1.807, 2.05) is 6.20 Å². The van der Waals surface area contributed by atoms with Crippen LogP contribution >= 0.6 is 35.1 Å². The highest BCUT2D eigenvalue weighted by molar-refractivity contribution is 7.15. The van der Waals surface area contributed by atoms with Gasteiger partial charge in [0, 0.05) is 53.9 Å². The summed E-state index contributed by atoms with van der Waals surface area (Å²) in [6.45, 7) is 6.76. The van der Waals surface area contributed by atoms with E-state index in [0.717, 1.165) is 24.5 Å². The Kier molecular flexibility index (Phi) is 7.81. The number of halogens is 1. The molecule has 0 aliphatic heterocycles. The Hall–Kier alpha value is -1.15. The molecule has 22 heavy (non-hydrogen) atoms. The van der Waals surface area contributed by atoms with Crippen molar-refractivity contribution >= 4 is 46.1 Å². The van der Waals surface area contributed by atoms with Crippen molar-refractivity contribution in [3.63, 3.8) is 0 Å². The normalized spacial score (nSPS) is 10.5. The third-order valence-corrected chi connectivity index (χ3v) is 4.72. The second-order valence-electron chi connectivity index (χ2n) is 4.87. The molecule has 0 bridgehead atoms. The Morgan fingerprint density at radius 3 is 2.59 bits per heavy atom. The zero-order chi connectivity index (χ0) is 15.2. The number of nitrogens with zero attached hydrogens (tertiary/aromatic N) is 2. The van der Waals surface area contributed by atoms with E-state index in [-0.39, 0.29) is 18.3 Å². The first-order chi connectivity index (χ1) is 10.0. The Labute approximate surface area is 145 Å². The highest BCUT2D eigenvalue weighted by Gasteiger charge is 2.10. The van der Waals surface area contributed by atoms with Crippen molar-refractivity contribution in [2.24, 2.45) is 0 Å². The summed E-state index contributed by atoms with van der Waals surface area (Å²) in [5, 5.41) is 3.44. The summed E-state index contributed by atoms with van der Waals surface area (Å²) in [6, 6.07) is 4.29. The number of hydrogen-bond acceptors (Lipinski definition) is 6. The molecule has 1 amide bonds. The van der Waals surface area contributed by atoms with Gasteiger partial charge in [-0.1, -0.05) is 0 Å². The molecule has 122 valence electrons. The van der Waals surface area contributed by atoms with Crippen LogP contribution in [-0.4, -0.2) is 28.9 Å². The lowest BCUT2D eigenvalue weighted by atomic mass is 10.3. The van der Waals surface area contributed by atoms with Gasteiger partial charge in [-0.2, -0.15) is 0 Å². The lowest BCUT2D eigenvalue weighted by molar-refractivity contribution is -0.119. The smallest absolute Gasteiger partial charge is 0.216 e. The average molecular weight is 361 g/mol. The van der Waals surface area contributed by atoms with Crippen LogP contribution in [0.25, 0.3) is 0 Å². The Morgan fingerprint density at radius 1 is 1.32 bits per heavy atom. The summed E-state index contributed by atoms with van der Waals surface area (Å²) < 4.78 is 0. The van der Waals surface area contributed by atoms with E-state index in [1.165, 1.54) is 28.0 Å². The molecule has 5 nitrogen and oxygen atoms in total. The molecule has 2 aromatic heterocycles. The number of carbonyl (C=O) groups excluding carboxylic acids is 1. The maximum Gasteiger partial charge on any atom is 0.216 e. The summed E-state index contributed by atoms with van der Waals surface area (Å²) in [6.07, 6.45) is 1.82. The van der Waals surface area contributed by atoms with Crippen LogP contribution in [-0.2, 0) is 17.9 Å². The minimum absolute atomic E-state index is 0. The molecule has 0 fully saturated rings. The highest BCUT2D eigenvalue weighted by Crippen LogP contribution is 2.20. The molecule has 3 N–H and O–H groups in total. The summed E-state index contributed by atoms with van der Waals surface area (Å²) >= 11 is 3.32. The Bertz CT molecular complexity index is 557. The van der Waals surface area contributed by atoms with Gasteiger partial charge < -0.3 is 11.1 Å². The summed E-state index contributed by atoms with van der Waals surface area (Å²) in [5.74, 6) is 0.00366. The van der Waals surface area contributed by atoms with Crippen LogP contribution in [0.1, 0.15) is 21.6 Å². The number of thiazole rings is 1. The first-order valence-electron chi connectivity index (χ1n) is 6.75. The number of thiophene rings is 1. The molecule has 0 saturated carbocycles. The molecule has 0 aliphatic rings. The second kappa shape index (κ2) is 9.09. The van der Waals surface area contributed by atoms with Crippen molar-refractivity contribution in [3.05, 3.63) is 33.0 Å². The highest BCUT2D eigenvalue weighted by atomic mass is 35.5. The van der Waals surface area contributed by atoms with E-state index in [9.17, 15) is 4.79 Å². The number of rotatable bonds is 7. The molecule has 0 unspecified atom stereocenters. The van der Waals surface area contributed by atoms with Crippen LogP contribution in [0, 0.1) is 6.92 Å². The molecule has 0 saturated heterocycles. The number of anilines is 1. The van der Waals surface area contributed by atoms with Crippen molar-refractivity contribution in [2.45, 2.75) is 26.9 Å². The first-order valence-corrected chi connectivity index (χ1v) is 8.38. The second-order valence-corrected chi connectivity index (χ2v) is 7.39. The lowest BCUT2D eigenvalue weighted by Crippen LogP contribution is -2.33. The minimum Gasteiger partial charge on any atom is -0.375 e. The standard InChI is InChI=1S/C14H20N4OS2.ClH/c1-10-3-4-12(20-10)8-18(6-5-16-11(2)19)9-13-7-17-14(15)21-13;/h3-4,7H,5-6,8-9H2,1-2H3,(H2,15,17)(H,16,19);1H. The number of aryl methyl sites for hydroxylation is 1. The number of aromatic nitrogens is 1. The van der Waals surface area contributed by atoms with Crippen LogP contribution in [0.4, 0.5) is 5.13 Å². The van der Waals surface area contributed by atoms with Crippen molar-refractivity contribution in [3.8, 4) is 0 Å². The van der Waals surface area contributed by atoms with Crippen molar-refractivity contribution in [2.75, 3.05) is 18.8 Å². The Morgan fingerprint density at radius 2 is 2.05 bits per heavy atom. The van der Waals surface area contributed by atoms with Gasteiger partial charge in [-0.3, -0.25) is 9.69 Å². The van der Waals surface area contributed by atoms with Crippen molar-refractivity contribution in [1.29, 1.82) is 0 Å². The third-order valence-electron chi connectivity index (χ3n) is 2.93. The van der Waals surface area contributed by atoms with E-state index in [4.69, 9.17) is 5.73 Å². The van der Waals surface area contributed by atoms with E-state index in [0.29, 0.717) is 11.7 Å². The first kappa shape index (κ1) is 18.9. The van der Waals surface area contributed by atoms with Crippen LogP contribution in [0.15, 0.2) is 18.3 Å². The van der Waals surface area contributed by atoms with Gasteiger partial charge in [0.15, 0.2) is 5.13 Å². The fourth-order valence-corrected chi connectivity index (χ4v) is 3.67. The monoisotopic (exact) mass is 360 g/mol. The predicted octanol–water partition coefficient (Wildman–Crippen LogP) is 2.66. The van der Waals surface area contributed by atoms with Gasteiger partial charge in [0.05, 0.1) is 0 Å². The number of nitrogen functional groups attached to an aromatic ring is 1. The van der Waals surface area contributed by atoms with Crippen molar-refractivity contribution in [1.82, 2.24) is 15.2 Å². The molecule has 2 heterocycles. The molecule has 8 heteroatoms. The lowest BCUT2D eigenvalue weighted by Gasteiger charge is -2.20. The molecule has 0 radical (unpaired) electrons. The van der Waals surface area contributed by atoms with Crippen LogP contribution in [0.3, 0.4) is 0 Å². The predicted molar refractivity (Wildman–Crippen MR) is 95.6 cm³/mol. The fourth-order valence-electron chi connectivity index (χ4n) is 2.01. The fraction of sp³-hybridized carbons (Fsp3) is 0.429. The molecule has 0 aliphatic carbocycles. The zero-order valence-electron chi connectivity index (χ0n) is 12.7. The van der Waals surface area contributed by atoms with Gasteiger partial charge in [-0.05, 0) is 19.1 Å². The molecule has 0 atom stereocenters. The summed E-state index contributed by atoms with van der Waals surface area (Å²) in [7, 11) is 0. The SMILES string of the molecule is CC(=O)NCCN(Cc1ccc(C)s1)Cc1cnc(N)s1.Cl. The number of nitrogens with one attached hydrogen (secondary N) is 1. The van der Waals surface area contributed by atoms with Crippen LogP contribution < -0.4 is 11.1 Å². The molecule has 2 rings (SSSR count). The van der Waals surface area contributed by atoms with E-state index < -0.39 is 0 Å². The number of carbonyl (C=O) groups is 1. The van der Waals surface area contributed by atoms with Gasteiger partial charge in [0.2, 0.25) is 5.91 Å². The van der Waals surface area contributed by atoms with Gasteiger partial charge >= 0.3 is 0 Å². The number of hydrogen-bond donors (Lipinski definition) is 2. The van der Waals surface area contributed by atoms with Gasteiger partial charge in [-0.25, -0.2) is 4.98 Å². The Balaban J connectivity index is 0.00000242. The maximum atomic E-state index is 11.0. The molecule has 2 aromatic rings. The molecular weight excluding hydrogens is 340 g/mol. The average Bonchev–Trinajstić information content (AvgIpc) is 2.98. The number of nitrogens with two attached hydrogens (primary N) is 1. The van der Waals surface area contributed by atoms with E-state index in [1.54, 1.807) is 11.3 Å². The van der Waals surface area contributed by atoms with Crippen LogP contribution in [0.2, 0.25) is 0 Å². The molecule has 0 aromatic carbocycles. The van der Waals surface area contributed by atoms with E-state index >= 15 is 0 Å². The largest absolute Gasteiger partial charge is 0.375 e. The minimum atomic E-state index is 0. The van der Waals surface area contributed by atoms with Crippen LogP contribution in [0.5, 0.6) is 0 Å². The van der Waals surface area contributed by atoms with Gasteiger partial charge in [0.25, 0.3) is 0 Å². The quantitative estimate of drug-likeness (QED) is 0.796. The van der Waals surface area contributed by atoms with Crippen molar-refractivity contribution < 1.29 is 4.79 Å². The zero-order valence-corrected chi connectivity index (χ0v) is 15.1. The summed E-state index contributed by atoms with van der Waals surface area (Å²) in [4.78, 5) is 21.2. The van der Waals surface area contributed by atoms with Gasteiger partial charge in [-0.15, -0.1) is 35.1 Å². The molecule has 0 spiro atoms. The molecular formula is C14H21ClN4OS2. The summed E-state index contributed by atoms with van der Waals surface area (Å²) in [5.41, 5.74) is 5.68. The van der Waals surface area contributed by atoms with E-state index in [2.05, 4.69) is 34.3 Å². The topological polar surface area (TPSA) is 71.2 Å².